The largest absolute Gasteiger partial charge is 0.466 e. The normalized spacial score (nSPS) is 20.9. The number of likely N-dealkylation sites (tertiary alicyclic amines) is 1. The molecule has 0 aromatic heterocycles. The van der Waals surface area contributed by atoms with Crippen LogP contribution >= 0.6 is 0 Å². The molecule has 21 heavy (non-hydrogen) atoms. The molecule has 2 atom stereocenters. The van der Waals surface area contributed by atoms with Gasteiger partial charge in [-0.15, -0.1) is 0 Å². The number of rotatable bonds is 6. The SMILES string of the molecule is C=C(C(=O)OC)C1C(CCO)C(=O)N1Cc1ccccc1. The van der Waals surface area contributed by atoms with Crippen LogP contribution in [0.25, 0.3) is 0 Å². The van der Waals surface area contributed by atoms with Crippen molar-refractivity contribution in [2.45, 2.75) is 19.0 Å². The van der Waals surface area contributed by atoms with Crippen LogP contribution in [0.5, 0.6) is 0 Å². The molecule has 1 aromatic rings. The Hall–Kier alpha value is -2.14. The molecule has 1 aliphatic heterocycles. The lowest BCUT2D eigenvalue weighted by atomic mass is 9.80. The molecule has 1 aliphatic rings. The zero-order chi connectivity index (χ0) is 15.4. The van der Waals surface area contributed by atoms with Crippen molar-refractivity contribution in [3.8, 4) is 0 Å². The molecule has 0 spiro atoms. The lowest BCUT2D eigenvalue weighted by Gasteiger charge is -2.47. The number of benzene rings is 1. The minimum atomic E-state index is -0.520. The highest BCUT2D eigenvalue weighted by Gasteiger charge is 2.49. The summed E-state index contributed by atoms with van der Waals surface area (Å²) in [5, 5.41) is 9.07. The van der Waals surface area contributed by atoms with E-state index in [4.69, 9.17) is 9.84 Å². The third-order valence-electron chi connectivity index (χ3n) is 3.76. The first-order chi connectivity index (χ1) is 10.1. The van der Waals surface area contributed by atoms with Gasteiger partial charge in [-0.25, -0.2) is 4.79 Å². The van der Waals surface area contributed by atoms with Crippen LogP contribution in [-0.4, -0.2) is 41.6 Å². The number of amides is 1. The monoisotopic (exact) mass is 289 g/mol. The summed E-state index contributed by atoms with van der Waals surface area (Å²) in [4.78, 5) is 25.5. The Morgan fingerprint density at radius 3 is 2.62 bits per heavy atom. The number of carbonyl (C=O) groups is 2. The Balaban J connectivity index is 2.16. The van der Waals surface area contributed by atoms with E-state index in [2.05, 4.69) is 6.58 Å². The van der Waals surface area contributed by atoms with Crippen molar-refractivity contribution in [2.24, 2.45) is 5.92 Å². The van der Waals surface area contributed by atoms with Crippen molar-refractivity contribution in [3.05, 3.63) is 48.0 Å². The first-order valence-electron chi connectivity index (χ1n) is 6.82. The number of methoxy groups -OCH3 is 1. The van der Waals surface area contributed by atoms with E-state index in [1.807, 2.05) is 30.3 Å². The van der Waals surface area contributed by atoms with E-state index >= 15 is 0 Å². The summed E-state index contributed by atoms with van der Waals surface area (Å²) in [5.41, 5.74) is 1.24. The van der Waals surface area contributed by atoms with Crippen molar-refractivity contribution in [3.63, 3.8) is 0 Å². The topological polar surface area (TPSA) is 66.8 Å². The Morgan fingerprint density at radius 1 is 1.38 bits per heavy atom. The minimum Gasteiger partial charge on any atom is -0.466 e. The Morgan fingerprint density at radius 2 is 2.05 bits per heavy atom. The van der Waals surface area contributed by atoms with Gasteiger partial charge in [-0.05, 0) is 12.0 Å². The van der Waals surface area contributed by atoms with E-state index in [0.29, 0.717) is 13.0 Å². The van der Waals surface area contributed by atoms with Gasteiger partial charge in [-0.1, -0.05) is 36.9 Å². The van der Waals surface area contributed by atoms with Crippen molar-refractivity contribution in [1.82, 2.24) is 4.90 Å². The fraction of sp³-hybridized carbons (Fsp3) is 0.375. The van der Waals surface area contributed by atoms with E-state index in [9.17, 15) is 9.59 Å². The van der Waals surface area contributed by atoms with Gasteiger partial charge in [0.2, 0.25) is 5.91 Å². The van der Waals surface area contributed by atoms with Gasteiger partial charge in [0.1, 0.15) is 0 Å². The number of esters is 1. The summed E-state index contributed by atoms with van der Waals surface area (Å²) < 4.78 is 4.69. The van der Waals surface area contributed by atoms with Crippen molar-refractivity contribution in [2.75, 3.05) is 13.7 Å². The molecule has 5 nitrogen and oxygen atoms in total. The summed E-state index contributed by atoms with van der Waals surface area (Å²) >= 11 is 0. The minimum absolute atomic E-state index is 0.0667. The van der Waals surface area contributed by atoms with E-state index in [0.717, 1.165) is 5.56 Å². The number of hydrogen-bond acceptors (Lipinski definition) is 4. The van der Waals surface area contributed by atoms with Gasteiger partial charge in [0.25, 0.3) is 0 Å². The molecule has 0 aliphatic carbocycles. The molecule has 1 fully saturated rings. The molecule has 0 saturated carbocycles. The van der Waals surface area contributed by atoms with Gasteiger partial charge in [-0.3, -0.25) is 4.79 Å². The molecule has 1 aromatic carbocycles. The maximum Gasteiger partial charge on any atom is 0.335 e. The summed E-state index contributed by atoms with van der Waals surface area (Å²) in [6.07, 6.45) is 0.324. The highest BCUT2D eigenvalue weighted by molar-refractivity contribution is 5.96. The van der Waals surface area contributed by atoms with Gasteiger partial charge < -0.3 is 14.7 Å². The number of nitrogens with zero attached hydrogens (tertiary/aromatic N) is 1. The fourth-order valence-corrected chi connectivity index (χ4v) is 2.68. The highest BCUT2D eigenvalue weighted by Crippen LogP contribution is 2.35. The van der Waals surface area contributed by atoms with E-state index < -0.39 is 17.9 Å². The number of β-lactam (4-membered cyclic amide) rings is 1. The van der Waals surface area contributed by atoms with E-state index in [-0.39, 0.29) is 18.1 Å². The molecule has 1 saturated heterocycles. The van der Waals surface area contributed by atoms with Gasteiger partial charge >= 0.3 is 5.97 Å². The average Bonchev–Trinajstić information content (AvgIpc) is 2.52. The first kappa shape index (κ1) is 15.3. The number of ether oxygens (including phenoxy) is 1. The van der Waals surface area contributed by atoms with E-state index in [1.54, 1.807) is 4.90 Å². The second-order valence-electron chi connectivity index (χ2n) is 5.03. The number of aliphatic hydroxyl groups is 1. The smallest absolute Gasteiger partial charge is 0.335 e. The maximum absolute atomic E-state index is 12.2. The Bertz CT molecular complexity index is 540. The van der Waals surface area contributed by atoms with Gasteiger partial charge in [0, 0.05) is 13.2 Å². The lowest BCUT2D eigenvalue weighted by Crippen LogP contribution is -2.62. The molecule has 1 N–H and O–H groups in total. The Kier molecular flexibility index (Phi) is 4.75. The molecule has 1 heterocycles. The van der Waals surface area contributed by atoms with Crippen LogP contribution in [-0.2, 0) is 20.9 Å². The number of aliphatic hydroxyl groups excluding tert-OH is 1. The standard InChI is InChI=1S/C16H19NO4/c1-11(16(20)21-2)14-13(8-9-18)15(19)17(14)10-12-6-4-3-5-7-12/h3-7,13-14,18H,1,8-10H2,2H3. The molecule has 2 unspecified atom stereocenters. The summed E-state index contributed by atoms with van der Waals surface area (Å²) in [6.45, 7) is 4.08. The zero-order valence-electron chi connectivity index (χ0n) is 12.0. The molecule has 0 bridgehead atoms. The van der Waals surface area contributed by atoms with Crippen LogP contribution in [0.3, 0.4) is 0 Å². The predicted octanol–water partition coefficient (Wildman–Crippen LogP) is 1.13. The van der Waals surface area contributed by atoms with E-state index in [1.165, 1.54) is 7.11 Å². The van der Waals surface area contributed by atoms with Gasteiger partial charge in [0.05, 0.1) is 24.6 Å². The zero-order valence-corrected chi connectivity index (χ0v) is 12.0. The Labute approximate surface area is 123 Å². The van der Waals surface area contributed by atoms with Crippen molar-refractivity contribution >= 4 is 11.9 Å². The molecule has 1 amide bonds. The van der Waals surface area contributed by atoms with Crippen LogP contribution < -0.4 is 0 Å². The van der Waals surface area contributed by atoms with Gasteiger partial charge in [-0.2, -0.15) is 0 Å². The molecule has 2 rings (SSSR count). The average molecular weight is 289 g/mol. The molecule has 112 valence electrons. The molecule has 5 heteroatoms. The lowest BCUT2D eigenvalue weighted by molar-refractivity contribution is -0.157. The second kappa shape index (κ2) is 6.54. The third-order valence-corrected chi connectivity index (χ3v) is 3.76. The van der Waals surface area contributed by atoms with Gasteiger partial charge in [0.15, 0.2) is 0 Å². The molecular formula is C16H19NO4. The van der Waals surface area contributed by atoms with Crippen LogP contribution in [0.2, 0.25) is 0 Å². The third kappa shape index (κ3) is 2.97. The summed E-state index contributed by atoms with van der Waals surface area (Å²) in [5.74, 6) is -0.984. The van der Waals surface area contributed by atoms with Crippen LogP contribution in [0.15, 0.2) is 42.5 Å². The highest BCUT2D eigenvalue weighted by atomic mass is 16.5. The second-order valence-corrected chi connectivity index (χ2v) is 5.03. The van der Waals surface area contributed by atoms with Crippen LogP contribution in [0.1, 0.15) is 12.0 Å². The quantitative estimate of drug-likeness (QED) is 0.484. The number of hydrogen-bond donors (Lipinski definition) is 1. The van der Waals surface area contributed by atoms with Crippen molar-refractivity contribution < 1.29 is 19.4 Å². The first-order valence-corrected chi connectivity index (χ1v) is 6.82. The number of carbonyl (C=O) groups excluding carboxylic acids is 2. The van der Waals surface area contributed by atoms with Crippen molar-refractivity contribution in [1.29, 1.82) is 0 Å². The predicted molar refractivity (Wildman–Crippen MR) is 77.1 cm³/mol. The van der Waals surface area contributed by atoms with Crippen LogP contribution in [0.4, 0.5) is 0 Å². The fourth-order valence-electron chi connectivity index (χ4n) is 2.68. The summed E-state index contributed by atoms with van der Waals surface area (Å²) in [7, 11) is 1.29. The molecule has 0 radical (unpaired) electrons. The van der Waals surface area contributed by atoms with Crippen LogP contribution in [0, 0.1) is 5.92 Å². The maximum atomic E-state index is 12.2. The molecular weight excluding hydrogens is 270 g/mol. The summed E-state index contributed by atoms with van der Waals surface area (Å²) in [6, 6.07) is 9.14.